The van der Waals surface area contributed by atoms with Crippen LogP contribution in [0.5, 0.6) is 5.75 Å². The third-order valence-corrected chi connectivity index (χ3v) is 2.73. The van der Waals surface area contributed by atoms with Crippen LogP contribution in [-0.2, 0) is 4.74 Å². The van der Waals surface area contributed by atoms with Crippen molar-refractivity contribution in [3.63, 3.8) is 0 Å². The summed E-state index contributed by atoms with van der Waals surface area (Å²) in [4.78, 5) is 0. The van der Waals surface area contributed by atoms with Crippen LogP contribution in [0.3, 0.4) is 0 Å². The lowest BCUT2D eigenvalue weighted by Gasteiger charge is -2.10. The van der Waals surface area contributed by atoms with Crippen molar-refractivity contribution in [3.8, 4) is 16.9 Å². The summed E-state index contributed by atoms with van der Waals surface area (Å²) in [6, 6.07) is 11.8. The predicted molar refractivity (Wildman–Crippen MR) is 73.6 cm³/mol. The van der Waals surface area contributed by atoms with Gasteiger partial charge >= 0.3 is 0 Å². The minimum Gasteiger partial charge on any atom is -0.489 e. The summed E-state index contributed by atoms with van der Waals surface area (Å²) in [5.41, 5.74) is 8.33. The molecule has 0 aromatic heterocycles. The first-order chi connectivity index (χ1) is 9.20. The molecule has 2 aromatic rings. The molecule has 19 heavy (non-hydrogen) atoms. The lowest BCUT2D eigenvalue weighted by atomic mass is 10.0. The van der Waals surface area contributed by atoms with E-state index in [0.717, 1.165) is 11.1 Å². The van der Waals surface area contributed by atoms with Gasteiger partial charge in [0.25, 0.3) is 0 Å². The highest BCUT2D eigenvalue weighted by molar-refractivity contribution is 5.70. The Balaban J connectivity index is 2.16. The van der Waals surface area contributed by atoms with Crippen LogP contribution in [0.1, 0.15) is 0 Å². The van der Waals surface area contributed by atoms with E-state index >= 15 is 0 Å². The highest BCUT2D eigenvalue weighted by Gasteiger charge is 2.04. The third kappa shape index (κ3) is 3.45. The maximum absolute atomic E-state index is 12.9. The number of hydrogen-bond acceptors (Lipinski definition) is 3. The Bertz CT molecular complexity index is 540. The summed E-state index contributed by atoms with van der Waals surface area (Å²) in [7, 11) is 1.62. The topological polar surface area (TPSA) is 44.5 Å². The molecule has 2 aromatic carbocycles. The fraction of sp³-hybridized carbons (Fsp3) is 0.200. The second-order valence-corrected chi connectivity index (χ2v) is 4.10. The van der Waals surface area contributed by atoms with Gasteiger partial charge < -0.3 is 15.2 Å². The SMILES string of the molecule is COCCOc1ccc(-c2ccc(F)cc2)cc1N. The first-order valence-electron chi connectivity index (χ1n) is 5.98. The zero-order chi connectivity index (χ0) is 13.7. The van der Waals surface area contributed by atoms with Gasteiger partial charge in [0.2, 0.25) is 0 Å². The number of benzene rings is 2. The van der Waals surface area contributed by atoms with Gasteiger partial charge in [0.1, 0.15) is 18.2 Å². The van der Waals surface area contributed by atoms with Crippen molar-refractivity contribution in [2.45, 2.75) is 0 Å². The van der Waals surface area contributed by atoms with E-state index in [1.165, 1.54) is 12.1 Å². The van der Waals surface area contributed by atoms with Gasteiger partial charge in [-0.2, -0.15) is 0 Å². The van der Waals surface area contributed by atoms with Crippen LogP contribution in [0.25, 0.3) is 11.1 Å². The molecule has 0 amide bonds. The van der Waals surface area contributed by atoms with Crippen molar-refractivity contribution < 1.29 is 13.9 Å². The number of nitrogens with two attached hydrogens (primary N) is 1. The summed E-state index contributed by atoms with van der Waals surface area (Å²) >= 11 is 0. The number of hydrogen-bond donors (Lipinski definition) is 1. The Morgan fingerprint density at radius 1 is 1.00 bits per heavy atom. The molecule has 2 N–H and O–H groups in total. The van der Waals surface area contributed by atoms with Crippen LogP contribution in [0, 0.1) is 5.82 Å². The van der Waals surface area contributed by atoms with Gasteiger partial charge in [0, 0.05) is 7.11 Å². The lowest BCUT2D eigenvalue weighted by Crippen LogP contribution is -2.05. The van der Waals surface area contributed by atoms with Gasteiger partial charge in [-0.3, -0.25) is 0 Å². The number of nitrogen functional groups attached to an aromatic ring is 1. The van der Waals surface area contributed by atoms with Gasteiger partial charge in [-0.05, 0) is 35.4 Å². The van der Waals surface area contributed by atoms with E-state index in [4.69, 9.17) is 15.2 Å². The maximum atomic E-state index is 12.9. The van der Waals surface area contributed by atoms with E-state index < -0.39 is 0 Å². The molecule has 0 saturated heterocycles. The number of methoxy groups -OCH3 is 1. The molecule has 0 heterocycles. The monoisotopic (exact) mass is 261 g/mol. The minimum absolute atomic E-state index is 0.253. The Morgan fingerprint density at radius 3 is 2.32 bits per heavy atom. The molecular formula is C15H16FNO2. The van der Waals surface area contributed by atoms with E-state index in [9.17, 15) is 4.39 Å². The van der Waals surface area contributed by atoms with E-state index in [2.05, 4.69) is 0 Å². The van der Waals surface area contributed by atoms with Crippen molar-refractivity contribution in [1.82, 2.24) is 0 Å². The molecule has 0 aliphatic carbocycles. The first kappa shape index (κ1) is 13.4. The molecule has 0 unspecified atom stereocenters. The highest BCUT2D eigenvalue weighted by atomic mass is 19.1. The number of anilines is 1. The van der Waals surface area contributed by atoms with Gasteiger partial charge in [-0.25, -0.2) is 4.39 Å². The zero-order valence-corrected chi connectivity index (χ0v) is 10.7. The molecule has 0 saturated carbocycles. The van der Waals surface area contributed by atoms with E-state index in [1.807, 2.05) is 18.2 Å². The molecule has 0 radical (unpaired) electrons. The number of rotatable bonds is 5. The van der Waals surface area contributed by atoms with Crippen LogP contribution < -0.4 is 10.5 Å². The van der Waals surface area contributed by atoms with Crippen LogP contribution in [0.2, 0.25) is 0 Å². The molecule has 0 aliphatic heterocycles. The van der Waals surface area contributed by atoms with E-state index in [0.29, 0.717) is 24.7 Å². The Kier molecular flexibility index (Phi) is 4.36. The van der Waals surface area contributed by atoms with Crippen molar-refractivity contribution >= 4 is 5.69 Å². The Labute approximate surface area is 111 Å². The molecular weight excluding hydrogens is 245 g/mol. The Morgan fingerprint density at radius 2 is 1.68 bits per heavy atom. The summed E-state index contributed by atoms with van der Waals surface area (Å²) in [5, 5.41) is 0. The predicted octanol–water partition coefficient (Wildman–Crippen LogP) is 3.10. The molecule has 0 bridgehead atoms. The van der Waals surface area contributed by atoms with Crippen LogP contribution in [0.4, 0.5) is 10.1 Å². The van der Waals surface area contributed by atoms with Gasteiger partial charge in [0.05, 0.1) is 12.3 Å². The minimum atomic E-state index is -0.253. The third-order valence-electron chi connectivity index (χ3n) is 2.73. The van der Waals surface area contributed by atoms with Gasteiger partial charge in [0.15, 0.2) is 0 Å². The normalized spacial score (nSPS) is 10.4. The second-order valence-electron chi connectivity index (χ2n) is 4.10. The molecule has 0 spiro atoms. The lowest BCUT2D eigenvalue weighted by molar-refractivity contribution is 0.147. The standard InChI is InChI=1S/C15H16FNO2/c1-18-8-9-19-15-7-4-12(10-14(15)17)11-2-5-13(16)6-3-11/h2-7,10H,8-9,17H2,1H3. The van der Waals surface area contributed by atoms with E-state index in [1.54, 1.807) is 19.2 Å². The maximum Gasteiger partial charge on any atom is 0.142 e. The number of halogens is 1. The van der Waals surface area contributed by atoms with Crippen molar-refractivity contribution in [2.75, 3.05) is 26.1 Å². The first-order valence-corrected chi connectivity index (χ1v) is 5.98. The van der Waals surface area contributed by atoms with Crippen molar-refractivity contribution in [3.05, 3.63) is 48.3 Å². The van der Waals surface area contributed by atoms with Gasteiger partial charge in [-0.15, -0.1) is 0 Å². The summed E-state index contributed by atoms with van der Waals surface area (Å²) in [5.74, 6) is 0.374. The van der Waals surface area contributed by atoms with Crippen LogP contribution >= 0.6 is 0 Å². The van der Waals surface area contributed by atoms with Crippen LogP contribution in [-0.4, -0.2) is 20.3 Å². The average molecular weight is 261 g/mol. The van der Waals surface area contributed by atoms with Crippen LogP contribution in [0.15, 0.2) is 42.5 Å². The Hall–Kier alpha value is -2.07. The largest absolute Gasteiger partial charge is 0.489 e. The molecule has 2 rings (SSSR count). The fourth-order valence-electron chi connectivity index (χ4n) is 1.74. The molecule has 0 aliphatic rings. The molecule has 0 atom stereocenters. The van der Waals surface area contributed by atoms with Crippen molar-refractivity contribution in [1.29, 1.82) is 0 Å². The molecule has 100 valence electrons. The molecule has 3 nitrogen and oxygen atoms in total. The highest BCUT2D eigenvalue weighted by Crippen LogP contribution is 2.28. The smallest absolute Gasteiger partial charge is 0.142 e. The zero-order valence-electron chi connectivity index (χ0n) is 10.7. The average Bonchev–Trinajstić information content (AvgIpc) is 2.42. The summed E-state index contributed by atoms with van der Waals surface area (Å²) in [6.45, 7) is 0.968. The number of ether oxygens (including phenoxy) is 2. The van der Waals surface area contributed by atoms with E-state index in [-0.39, 0.29) is 5.82 Å². The summed E-state index contributed by atoms with van der Waals surface area (Å²) < 4.78 is 23.2. The fourth-order valence-corrected chi connectivity index (χ4v) is 1.74. The molecule has 0 fully saturated rings. The van der Waals surface area contributed by atoms with Gasteiger partial charge in [-0.1, -0.05) is 18.2 Å². The van der Waals surface area contributed by atoms with Crippen molar-refractivity contribution in [2.24, 2.45) is 0 Å². The molecule has 4 heteroatoms. The second kappa shape index (κ2) is 6.20. The summed E-state index contributed by atoms with van der Waals surface area (Å²) in [6.07, 6.45) is 0. The quantitative estimate of drug-likeness (QED) is 0.664.